The number of carbonyl (C=O) groups is 1. The van der Waals surface area contributed by atoms with Crippen molar-refractivity contribution in [3.63, 3.8) is 0 Å². The zero-order valence-corrected chi connectivity index (χ0v) is 13.3. The highest BCUT2D eigenvalue weighted by Crippen LogP contribution is 2.17. The first-order valence-electron chi connectivity index (χ1n) is 7.63. The Balaban J connectivity index is 1.61. The van der Waals surface area contributed by atoms with E-state index in [2.05, 4.69) is 20.3 Å². The molecule has 2 heterocycles. The molecule has 5 nitrogen and oxygen atoms in total. The minimum Gasteiger partial charge on any atom is -0.347 e. The van der Waals surface area contributed by atoms with Gasteiger partial charge in [0.05, 0.1) is 17.9 Å². The fraction of sp³-hybridized carbons (Fsp3) is 0.0526. The Bertz CT molecular complexity index is 879. The second kappa shape index (κ2) is 7.92. The van der Waals surface area contributed by atoms with Gasteiger partial charge in [0.1, 0.15) is 12.1 Å². The lowest BCUT2D eigenvalue weighted by Crippen LogP contribution is -2.20. The number of hydrogen-bond donors (Lipinski definition) is 1. The molecule has 0 bridgehead atoms. The average Bonchev–Trinajstić information content (AvgIpc) is 2.66. The largest absolute Gasteiger partial charge is 0.347 e. The van der Waals surface area contributed by atoms with Crippen LogP contribution in [0.25, 0.3) is 17.3 Å². The SMILES string of the molecule is O=C(/C=C/c1cccnc1)NCc1cc(-c2ccc(F)cc2)ncn1. The molecule has 0 aliphatic rings. The molecule has 0 radical (unpaired) electrons. The summed E-state index contributed by atoms with van der Waals surface area (Å²) in [7, 11) is 0. The number of nitrogens with zero attached hydrogens (tertiary/aromatic N) is 3. The molecule has 0 fully saturated rings. The molecule has 0 aliphatic carbocycles. The van der Waals surface area contributed by atoms with Crippen LogP contribution < -0.4 is 5.32 Å². The monoisotopic (exact) mass is 334 g/mol. The first kappa shape index (κ1) is 16.4. The molecule has 1 aromatic carbocycles. The molecule has 25 heavy (non-hydrogen) atoms. The summed E-state index contributed by atoms with van der Waals surface area (Å²) in [6.45, 7) is 0.271. The van der Waals surface area contributed by atoms with Crippen molar-refractivity contribution in [1.82, 2.24) is 20.3 Å². The van der Waals surface area contributed by atoms with Gasteiger partial charge in [0.2, 0.25) is 5.91 Å². The molecule has 0 unspecified atom stereocenters. The third-order valence-electron chi connectivity index (χ3n) is 3.42. The first-order chi connectivity index (χ1) is 12.2. The zero-order valence-electron chi connectivity index (χ0n) is 13.3. The van der Waals surface area contributed by atoms with Crippen LogP contribution in [0.3, 0.4) is 0 Å². The minimum absolute atomic E-state index is 0.231. The van der Waals surface area contributed by atoms with Crippen molar-refractivity contribution in [2.45, 2.75) is 6.54 Å². The van der Waals surface area contributed by atoms with E-state index in [4.69, 9.17) is 0 Å². The molecule has 0 saturated heterocycles. The van der Waals surface area contributed by atoms with E-state index in [0.29, 0.717) is 11.4 Å². The Morgan fingerprint density at radius 3 is 2.76 bits per heavy atom. The summed E-state index contributed by atoms with van der Waals surface area (Å²) < 4.78 is 13.0. The third kappa shape index (κ3) is 4.78. The van der Waals surface area contributed by atoms with E-state index in [9.17, 15) is 9.18 Å². The highest BCUT2D eigenvalue weighted by molar-refractivity contribution is 5.91. The van der Waals surface area contributed by atoms with E-state index in [0.717, 1.165) is 11.1 Å². The van der Waals surface area contributed by atoms with Gasteiger partial charge < -0.3 is 5.32 Å². The van der Waals surface area contributed by atoms with Crippen LogP contribution in [-0.2, 0) is 11.3 Å². The predicted octanol–water partition coefficient (Wildman–Crippen LogP) is 3.01. The standard InChI is InChI=1S/C19H15FN4O/c20-16-6-4-15(5-7-16)18-10-17(23-13-24-18)12-22-19(25)8-3-14-2-1-9-21-11-14/h1-11,13H,12H2,(H,22,25)/b8-3+. The molecule has 2 aromatic heterocycles. The van der Waals surface area contributed by atoms with E-state index in [1.165, 1.54) is 24.5 Å². The molecule has 1 N–H and O–H groups in total. The maximum atomic E-state index is 13.0. The van der Waals surface area contributed by atoms with Gasteiger partial charge in [0.15, 0.2) is 0 Å². The van der Waals surface area contributed by atoms with Crippen LogP contribution in [0.5, 0.6) is 0 Å². The van der Waals surface area contributed by atoms with Gasteiger partial charge in [-0.2, -0.15) is 0 Å². The fourth-order valence-electron chi connectivity index (χ4n) is 2.16. The normalized spacial score (nSPS) is 10.8. The number of hydrogen-bond acceptors (Lipinski definition) is 4. The highest BCUT2D eigenvalue weighted by Gasteiger charge is 2.04. The van der Waals surface area contributed by atoms with E-state index < -0.39 is 0 Å². The zero-order chi connectivity index (χ0) is 17.5. The van der Waals surface area contributed by atoms with Gasteiger partial charge in [-0.05, 0) is 48.0 Å². The van der Waals surface area contributed by atoms with E-state index >= 15 is 0 Å². The molecular weight excluding hydrogens is 319 g/mol. The summed E-state index contributed by atoms with van der Waals surface area (Å²) in [5.41, 5.74) is 2.97. The summed E-state index contributed by atoms with van der Waals surface area (Å²) in [4.78, 5) is 24.2. The highest BCUT2D eigenvalue weighted by atomic mass is 19.1. The summed E-state index contributed by atoms with van der Waals surface area (Å²) in [5.74, 6) is -0.531. The Morgan fingerprint density at radius 1 is 1.16 bits per heavy atom. The molecule has 3 aromatic rings. The number of nitrogens with one attached hydrogen (secondary N) is 1. The topological polar surface area (TPSA) is 67.8 Å². The summed E-state index contributed by atoms with van der Waals surface area (Å²) in [5, 5.41) is 2.76. The van der Waals surface area contributed by atoms with E-state index in [1.807, 2.05) is 6.07 Å². The van der Waals surface area contributed by atoms with Crippen molar-refractivity contribution in [3.05, 3.63) is 84.3 Å². The van der Waals surface area contributed by atoms with Crippen LogP contribution in [0.2, 0.25) is 0 Å². The molecule has 3 rings (SSSR count). The van der Waals surface area contributed by atoms with Gasteiger partial charge in [-0.1, -0.05) is 6.07 Å². The van der Waals surface area contributed by atoms with Crippen LogP contribution in [0.1, 0.15) is 11.3 Å². The molecule has 0 saturated carbocycles. The average molecular weight is 334 g/mol. The molecule has 0 atom stereocenters. The van der Waals surface area contributed by atoms with Gasteiger partial charge in [0.25, 0.3) is 0 Å². The van der Waals surface area contributed by atoms with Crippen molar-refractivity contribution < 1.29 is 9.18 Å². The molecule has 0 aliphatic heterocycles. The van der Waals surface area contributed by atoms with Crippen LogP contribution in [-0.4, -0.2) is 20.9 Å². The maximum Gasteiger partial charge on any atom is 0.244 e. The number of amides is 1. The number of carbonyl (C=O) groups excluding carboxylic acids is 1. The number of benzene rings is 1. The van der Waals surface area contributed by atoms with Crippen molar-refractivity contribution in [3.8, 4) is 11.3 Å². The predicted molar refractivity (Wildman–Crippen MR) is 92.5 cm³/mol. The van der Waals surface area contributed by atoms with Crippen molar-refractivity contribution in [1.29, 1.82) is 0 Å². The molecular formula is C19H15FN4O. The Hall–Kier alpha value is -3.41. The Morgan fingerprint density at radius 2 is 2.00 bits per heavy atom. The van der Waals surface area contributed by atoms with Crippen LogP contribution in [0.15, 0.2) is 67.3 Å². The van der Waals surface area contributed by atoms with E-state index in [-0.39, 0.29) is 18.3 Å². The number of pyridine rings is 1. The summed E-state index contributed by atoms with van der Waals surface area (Å²) in [6.07, 6.45) is 7.89. The lowest BCUT2D eigenvalue weighted by atomic mass is 10.1. The first-order valence-corrected chi connectivity index (χ1v) is 7.63. The molecule has 6 heteroatoms. The van der Waals surface area contributed by atoms with Gasteiger partial charge in [0, 0.05) is 24.0 Å². The fourth-order valence-corrected chi connectivity index (χ4v) is 2.16. The van der Waals surface area contributed by atoms with Gasteiger partial charge in [-0.25, -0.2) is 14.4 Å². The molecule has 1 amide bonds. The number of aromatic nitrogens is 3. The number of rotatable bonds is 5. The quantitative estimate of drug-likeness (QED) is 0.728. The number of halogens is 1. The molecule has 124 valence electrons. The molecule has 0 spiro atoms. The second-order valence-electron chi connectivity index (χ2n) is 5.24. The second-order valence-corrected chi connectivity index (χ2v) is 5.24. The summed E-state index contributed by atoms with van der Waals surface area (Å²) in [6, 6.07) is 11.5. The summed E-state index contributed by atoms with van der Waals surface area (Å²) >= 11 is 0. The van der Waals surface area contributed by atoms with Gasteiger partial charge in [-0.15, -0.1) is 0 Å². The lowest BCUT2D eigenvalue weighted by molar-refractivity contribution is -0.116. The van der Waals surface area contributed by atoms with Crippen LogP contribution >= 0.6 is 0 Å². The smallest absolute Gasteiger partial charge is 0.244 e. The van der Waals surface area contributed by atoms with Crippen molar-refractivity contribution in [2.24, 2.45) is 0 Å². The lowest BCUT2D eigenvalue weighted by Gasteiger charge is -2.05. The minimum atomic E-state index is -0.300. The maximum absolute atomic E-state index is 13.0. The van der Waals surface area contributed by atoms with Crippen LogP contribution in [0, 0.1) is 5.82 Å². The third-order valence-corrected chi connectivity index (χ3v) is 3.42. The Labute approximate surface area is 144 Å². The Kier molecular flexibility index (Phi) is 5.21. The van der Waals surface area contributed by atoms with E-state index in [1.54, 1.807) is 42.7 Å². The van der Waals surface area contributed by atoms with Gasteiger partial charge in [-0.3, -0.25) is 9.78 Å². The van der Waals surface area contributed by atoms with Crippen LogP contribution in [0.4, 0.5) is 4.39 Å². The van der Waals surface area contributed by atoms with Crippen molar-refractivity contribution in [2.75, 3.05) is 0 Å². The van der Waals surface area contributed by atoms with Gasteiger partial charge >= 0.3 is 0 Å². The van der Waals surface area contributed by atoms with Crippen molar-refractivity contribution >= 4 is 12.0 Å².